The zero-order valence-electron chi connectivity index (χ0n) is 19.6. The lowest BCUT2D eigenvalue weighted by Crippen LogP contribution is -2.46. The molecule has 2 aliphatic heterocycles. The number of rotatable bonds is 6. The minimum atomic E-state index is -0.536. The van der Waals surface area contributed by atoms with Crippen LogP contribution in [0.2, 0.25) is 0 Å². The van der Waals surface area contributed by atoms with Crippen LogP contribution in [0.1, 0.15) is 45.5 Å². The SMILES string of the molecule is COc1cc(N2CCC3(CCN(C(=O)c4ccc(C(N)=O)cc4)CC3)C2=O)ccc1/C(C=N)=C/N. The minimum Gasteiger partial charge on any atom is -0.496 e. The van der Waals surface area contributed by atoms with Crippen LogP contribution < -0.4 is 21.1 Å². The van der Waals surface area contributed by atoms with Crippen molar-refractivity contribution in [1.29, 1.82) is 5.41 Å². The van der Waals surface area contributed by atoms with E-state index in [0.29, 0.717) is 60.5 Å². The predicted molar refractivity (Wildman–Crippen MR) is 133 cm³/mol. The molecule has 1 spiro atoms. The summed E-state index contributed by atoms with van der Waals surface area (Å²) in [7, 11) is 1.54. The van der Waals surface area contributed by atoms with Crippen molar-refractivity contribution in [3.8, 4) is 5.75 Å². The molecule has 2 aliphatic rings. The number of hydrogen-bond donors (Lipinski definition) is 3. The minimum absolute atomic E-state index is 0.0619. The molecule has 2 fully saturated rings. The fraction of sp³-hybridized carbons (Fsp3) is 0.308. The summed E-state index contributed by atoms with van der Waals surface area (Å²) in [5, 5.41) is 7.54. The molecule has 0 aromatic heterocycles. The number of amides is 3. The Morgan fingerprint density at radius 1 is 1.03 bits per heavy atom. The van der Waals surface area contributed by atoms with E-state index in [1.807, 2.05) is 6.07 Å². The van der Waals surface area contributed by atoms with Crippen molar-refractivity contribution < 1.29 is 19.1 Å². The number of nitrogens with zero attached hydrogens (tertiary/aromatic N) is 2. The van der Waals surface area contributed by atoms with Gasteiger partial charge in [0.15, 0.2) is 0 Å². The van der Waals surface area contributed by atoms with Crippen molar-refractivity contribution in [1.82, 2.24) is 4.90 Å². The summed E-state index contributed by atoms with van der Waals surface area (Å²) in [6.07, 6.45) is 4.42. The third-order valence-electron chi connectivity index (χ3n) is 7.08. The van der Waals surface area contributed by atoms with Crippen LogP contribution >= 0.6 is 0 Å². The van der Waals surface area contributed by atoms with E-state index in [4.69, 9.17) is 21.6 Å². The summed E-state index contributed by atoms with van der Waals surface area (Å²) in [6, 6.07) is 11.8. The Bertz CT molecular complexity index is 1200. The van der Waals surface area contributed by atoms with Crippen LogP contribution in [-0.2, 0) is 4.79 Å². The van der Waals surface area contributed by atoms with Gasteiger partial charge in [0.25, 0.3) is 5.91 Å². The maximum atomic E-state index is 13.5. The van der Waals surface area contributed by atoms with Crippen molar-refractivity contribution in [2.75, 3.05) is 31.6 Å². The quantitative estimate of drug-likeness (QED) is 0.550. The highest BCUT2D eigenvalue weighted by molar-refractivity contribution is 6.09. The fourth-order valence-corrected chi connectivity index (χ4v) is 4.93. The van der Waals surface area contributed by atoms with E-state index in [1.54, 1.807) is 53.3 Å². The first-order chi connectivity index (χ1) is 16.8. The number of piperidine rings is 1. The number of likely N-dealkylation sites (tertiary alicyclic amines) is 1. The van der Waals surface area contributed by atoms with Gasteiger partial charge in [-0.15, -0.1) is 0 Å². The summed E-state index contributed by atoms with van der Waals surface area (Å²) in [5.41, 5.74) is 13.2. The molecule has 2 aromatic carbocycles. The maximum absolute atomic E-state index is 13.5. The van der Waals surface area contributed by atoms with Gasteiger partial charge < -0.3 is 31.4 Å². The number of nitrogens with one attached hydrogen (secondary N) is 1. The van der Waals surface area contributed by atoms with Gasteiger partial charge in [0.1, 0.15) is 5.75 Å². The highest BCUT2D eigenvalue weighted by atomic mass is 16.5. The van der Waals surface area contributed by atoms with Gasteiger partial charge in [0, 0.05) is 66.1 Å². The van der Waals surface area contributed by atoms with Gasteiger partial charge in [-0.05, 0) is 55.7 Å². The molecular formula is C26H29N5O4. The Hall–Kier alpha value is -4.14. The van der Waals surface area contributed by atoms with Crippen LogP contribution in [0.3, 0.4) is 0 Å². The lowest BCUT2D eigenvalue weighted by molar-refractivity contribution is -0.127. The third kappa shape index (κ3) is 4.37. The Labute approximate surface area is 203 Å². The summed E-state index contributed by atoms with van der Waals surface area (Å²) in [4.78, 5) is 41.3. The maximum Gasteiger partial charge on any atom is 0.253 e. The van der Waals surface area contributed by atoms with Crippen LogP contribution in [0.4, 0.5) is 5.69 Å². The second-order valence-corrected chi connectivity index (χ2v) is 8.87. The first-order valence-electron chi connectivity index (χ1n) is 11.5. The van der Waals surface area contributed by atoms with Gasteiger partial charge in [-0.25, -0.2) is 0 Å². The molecular weight excluding hydrogens is 446 g/mol. The topological polar surface area (TPSA) is 143 Å². The summed E-state index contributed by atoms with van der Waals surface area (Å²) in [6.45, 7) is 1.57. The molecule has 3 amide bonds. The first kappa shape index (κ1) is 24.0. The molecule has 2 saturated heterocycles. The number of allylic oxidation sites excluding steroid dienone is 1. The first-order valence-corrected chi connectivity index (χ1v) is 11.5. The number of primary amides is 1. The lowest BCUT2D eigenvalue weighted by Gasteiger charge is -2.38. The van der Waals surface area contributed by atoms with Crippen molar-refractivity contribution in [3.05, 3.63) is 65.4 Å². The average molecular weight is 476 g/mol. The van der Waals surface area contributed by atoms with Gasteiger partial charge in [-0.1, -0.05) is 0 Å². The molecule has 9 heteroatoms. The number of carbonyl (C=O) groups excluding carboxylic acids is 3. The lowest BCUT2D eigenvalue weighted by atomic mass is 9.77. The molecule has 0 aliphatic carbocycles. The van der Waals surface area contributed by atoms with Crippen molar-refractivity contribution >= 4 is 35.2 Å². The normalized spacial score (nSPS) is 17.5. The Morgan fingerprint density at radius 2 is 1.66 bits per heavy atom. The average Bonchev–Trinajstić information content (AvgIpc) is 3.20. The molecule has 35 heavy (non-hydrogen) atoms. The fourth-order valence-electron chi connectivity index (χ4n) is 4.93. The number of anilines is 1. The number of carbonyl (C=O) groups is 3. The van der Waals surface area contributed by atoms with Crippen LogP contribution in [0.25, 0.3) is 5.57 Å². The van der Waals surface area contributed by atoms with E-state index in [1.165, 1.54) is 6.20 Å². The van der Waals surface area contributed by atoms with Crippen LogP contribution in [0.5, 0.6) is 5.75 Å². The van der Waals surface area contributed by atoms with Gasteiger partial charge in [0.05, 0.1) is 12.5 Å². The Balaban J connectivity index is 1.46. The highest BCUT2D eigenvalue weighted by Gasteiger charge is 2.49. The smallest absolute Gasteiger partial charge is 0.253 e. The molecule has 182 valence electrons. The van der Waals surface area contributed by atoms with Gasteiger partial charge >= 0.3 is 0 Å². The van der Waals surface area contributed by atoms with E-state index >= 15 is 0 Å². The monoisotopic (exact) mass is 475 g/mol. The van der Waals surface area contributed by atoms with Crippen LogP contribution in [0, 0.1) is 10.8 Å². The number of ether oxygens (including phenoxy) is 1. The van der Waals surface area contributed by atoms with E-state index in [9.17, 15) is 14.4 Å². The van der Waals surface area contributed by atoms with Gasteiger partial charge in [-0.3, -0.25) is 14.4 Å². The largest absolute Gasteiger partial charge is 0.496 e. The van der Waals surface area contributed by atoms with Crippen LogP contribution in [0.15, 0.2) is 48.7 Å². The second kappa shape index (κ2) is 9.61. The van der Waals surface area contributed by atoms with Gasteiger partial charge in [0.2, 0.25) is 11.8 Å². The zero-order valence-corrected chi connectivity index (χ0v) is 19.6. The molecule has 0 unspecified atom stereocenters. The second-order valence-electron chi connectivity index (χ2n) is 8.87. The molecule has 0 bridgehead atoms. The summed E-state index contributed by atoms with van der Waals surface area (Å²) in [5.74, 6) is -0.0500. The molecule has 0 atom stereocenters. The number of benzene rings is 2. The van der Waals surface area contributed by atoms with Crippen molar-refractivity contribution in [2.45, 2.75) is 19.3 Å². The molecule has 2 aromatic rings. The number of nitrogens with two attached hydrogens (primary N) is 2. The number of hydrogen-bond acceptors (Lipinski definition) is 6. The number of methoxy groups -OCH3 is 1. The van der Waals surface area contributed by atoms with Crippen molar-refractivity contribution in [3.63, 3.8) is 0 Å². The predicted octanol–water partition coefficient (Wildman–Crippen LogP) is 2.40. The van der Waals surface area contributed by atoms with E-state index in [0.717, 1.165) is 18.3 Å². The Kier molecular flexibility index (Phi) is 6.59. The van der Waals surface area contributed by atoms with E-state index in [2.05, 4.69) is 0 Å². The van der Waals surface area contributed by atoms with Gasteiger partial charge in [-0.2, -0.15) is 0 Å². The standard InChI is InChI=1S/C26H29N5O4/c1-35-22-14-20(6-7-21(22)19(15-27)16-28)31-13-10-26(25(31)34)8-11-30(12-9-26)24(33)18-4-2-17(3-5-18)23(29)32/h2-7,14-16,27H,8-13,28H2,1H3,(H2,29,32)/b19-16+,27-15?. The molecule has 9 nitrogen and oxygen atoms in total. The van der Waals surface area contributed by atoms with Crippen molar-refractivity contribution in [2.24, 2.45) is 16.9 Å². The van der Waals surface area contributed by atoms with E-state index in [-0.39, 0.29) is 11.8 Å². The third-order valence-corrected chi connectivity index (χ3v) is 7.08. The summed E-state index contributed by atoms with van der Waals surface area (Å²) >= 11 is 0. The molecule has 0 radical (unpaired) electrons. The Morgan fingerprint density at radius 3 is 2.23 bits per heavy atom. The molecule has 0 saturated carbocycles. The molecule has 4 rings (SSSR count). The van der Waals surface area contributed by atoms with E-state index < -0.39 is 11.3 Å². The zero-order chi connectivity index (χ0) is 25.2. The molecule has 2 heterocycles. The molecule has 5 N–H and O–H groups in total. The summed E-state index contributed by atoms with van der Waals surface area (Å²) < 4.78 is 5.50. The highest BCUT2D eigenvalue weighted by Crippen LogP contribution is 2.44. The van der Waals surface area contributed by atoms with Crippen LogP contribution in [-0.4, -0.2) is 55.6 Å².